The molecule has 0 saturated carbocycles. The molecule has 150 valence electrons. The minimum atomic E-state index is -0.206. The molecule has 1 heterocycles. The highest BCUT2D eigenvalue weighted by molar-refractivity contribution is 5.97. The standard InChI is InChI=1S/C23H26N4O2/c1-14(2)17-5-7-18(8-6-17)22(28)24-11-12-25-23(29)19-9-10-20-21(13-19)27-16(4)15(3)26-20/h5-10,13-14H,11-12H2,1-4H3,(H,24,28)(H,25,29). The number of aryl methyl sites for hydroxylation is 2. The Kier molecular flexibility index (Phi) is 6.22. The van der Waals surface area contributed by atoms with Gasteiger partial charge >= 0.3 is 0 Å². The van der Waals surface area contributed by atoms with Crippen LogP contribution in [0.2, 0.25) is 0 Å². The zero-order valence-electron chi connectivity index (χ0n) is 17.2. The van der Waals surface area contributed by atoms with E-state index in [9.17, 15) is 9.59 Å². The first-order valence-corrected chi connectivity index (χ1v) is 9.76. The third-order valence-corrected chi connectivity index (χ3v) is 4.87. The van der Waals surface area contributed by atoms with Crippen molar-refractivity contribution in [3.05, 3.63) is 70.5 Å². The number of nitrogens with zero attached hydrogens (tertiary/aromatic N) is 2. The molecule has 0 aliphatic carbocycles. The fourth-order valence-corrected chi connectivity index (χ4v) is 2.95. The molecule has 6 heteroatoms. The Bertz CT molecular complexity index is 1040. The maximum Gasteiger partial charge on any atom is 0.251 e. The molecule has 0 fully saturated rings. The van der Waals surface area contributed by atoms with Gasteiger partial charge in [0, 0.05) is 24.2 Å². The fraction of sp³-hybridized carbons (Fsp3) is 0.304. The molecule has 0 bridgehead atoms. The van der Waals surface area contributed by atoms with Crippen LogP contribution in [-0.2, 0) is 0 Å². The second kappa shape index (κ2) is 8.82. The van der Waals surface area contributed by atoms with Crippen molar-refractivity contribution in [3.8, 4) is 0 Å². The Morgan fingerprint density at radius 2 is 1.31 bits per heavy atom. The molecule has 3 rings (SSSR count). The van der Waals surface area contributed by atoms with Gasteiger partial charge in [0.1, 0.15) is 0 Å². The number of fused-ring (bicyclic) bond motifs is 1. The van der Waals surface area contributed by atoms with Gasteiger partial charge in [0.25, 0.3) is 11.8 Å². The molecule has 6 nitrogen and oxygen atoms in total. The van der Waals surface area contributed by atoms with Crippen molar-refractivity contribution in [1.29, 1.82) is 0 Å². The van der Waals surface area contributed by atoms with Crippen molar-refractivity contribution in [3.63, 3.8) is 0 Å². The topological polar surface area (TPSA) is 84.0 Å². The number of rotatable bonds is 6. The van der Waals surface area contributed by atoms with Gasteiger partial charge in [-0.25, -0.2) is 9.97 Å². The number of carbonyl (C=O) groups is 2. The van der Waals surface area contributed by atoms with E-state index < -0.39 is 0 Å². The number of benzene rings is 2. The minimum Gasteiger partial charge on any atom is -0.350 e. The summed E-state index contributed by atoms with van der Waals surface area (Å²) in [7, 11) is 0. The van der Waals surface area contributed by atoms with Crippen LogP contribution in [0.5, 0.6) is 0 Å². The first kappa shape index (κ1) is 20.5. The molecule has 1 aromatic heterocycles. The zero-order valence-corrected chi connectivity index (χ0v) is 17.2. The third-order valence-electron chi connectivity index (χ3n) is 4.87. The third kappa shape index (κ3) is 4.96. The number of amides is 2. The van der Waals surface area contributed by atoms with Gasteiger partial charge < -0.3 is 10.6 Å². The molecule has 0 radical (unpaired) electrons. The molecule has 0 unspecified atom stereocenters. The summed E-state index contributed by atoms with van der Waals surface area (Å²) < 4.78 is 0. The maximum absolute atomic E-state index is 12.4. The van der Waals surface area contributed by atoms with Gasteiger partial charge in [-0.15, -0.1) is 0 Å². The first-order valence-electron chi connectivity index (χ1n) is 9.76. The summed E-state index contributed by atoms with van der Waals surface area (Å²) in [6, 6.07) is 12.8. The van der Waals surface area contributed by atoms with Crippen LogP contribution >= 0.6 is 0 Å². The lowest BCUT2D eigenvalue weighted by Gasteiger charge is -2.09. The summed E-state index contributed by atoms with van der Waals surface area (Å²) in [4.78, 5) is 33.6. The Morgan fingerprint density at radius 3 is 1.90 bits per heavy atom. The highest BCUT2D eigenvalue weighted by atomic mass is 16.2. The Labute approximate surface area is 170 Å². The molecule has 2 N–H and O–H groups in total. The summed E-state index contributed by atoms with van der Waals surface area (Å²) in [5, 5.41) is 5.64. The molecule has 0 saturated heterocycles. The van der Waals surface area contributed by atoms with E-state index in [0.29, 0.717) is 35.7 Å². The predicted molar refractivity (Wildman–Crippen MR) is 114 cm³/mol. The second-order valence-corrected chi connectivity index (χ2v) is 7.39. The van der Waals surface area contributed by atoms with Crippen molar-refractivity contribution in [2.24, 2.45) is 0 Å². The lowest BCUT2D eigenvalue weighted by molar-refractivity contribution is 0.0927. The van der Waals surface area contributed by atoms with Crippen LogP contribution in [0.3, 0.4) is 0 Å². The largest absolute Gasteiger partial charge is 0.350 e. The van der Waals surface area contributed by atoms with Crippen LogP contribution in [0.15, 0.2) is 42.5 Å². The normalized spacial score (nSPS) is 10.9. The van der Waals surface area contributed by atoms with Crippen molar-refractivity contribution < 1.29 is 9.59 Å². The highest BCUT2D eigenvalue weighted by Crippen LogP contribution is 2.15. The molecular formula is C23H26N4O2. The molecule has 2 aromatic carbocycles. The monoisotopic (exact) mass is 390 g/mol. The van der Waals surface area contributed by atoms with Crippen LogP contribution in [0.1, 0.15) is 57.4 Å². The summed E-state index contributed by atoms with van der Waals surface area (Å²) in [6.45, 7) is 8.72. The smallest absolute Gasteiger partial charge is 0.251 e. The average Bonchev–Trinajstić information content (AvgIpc) is 2.71. The van der Waals surface area contributed by atoms with Crippen LogP contribution in [0, 0.1) is 13.8 Å². The summed E-state index contributed by atoms with van der Waals surface area (Å²) in [6.07, 6.45) is 0. The van der Waals surface area contributed by atoms with E-state index in [2.05, 4.69) is 34.4 Å². The van der Waals surface area contributed by atoms with E-state index in [4.69, 9.17) is 0 Å². The summed E-state index contributed by atoms with van der Waals surface area (Å²) in [5.41, 5.74) is 5.51. The molecular weight excluding hydrogens is 364 g/mol. The van der Waals surface area contributed by atoms with Gasteiger partial charge in [-0.05, 0) is 55.7 Å². The van der Waals surface area contributed by atoms with Gasteiger partial charge in [0.15, 0.2) is 0 Å². The van der Waals surface area contributed by atoms with Crippen molar-refractivity contribution in [2.45, 2.75) is 33.6 Å². The Hall–Kier alpha value is -3.28. The Balaban J connectivity index is 1.52. The quantitative estimate of drug-likeness (QED) is 0.631. The van der Waals surface area contributed by atoms with Crippen molar-refractivity contribution in [2.75, 3.05) is 13.1 Å². The Morgan fingerprint density at radius 1 is 0.793 bits per heavy atom. The number of aromatic nitrogens is 2. The highest BCUT2D eigenvalue weighted by Gasteiger charge is 2.10. The molecule has 2 amide bonds. The van der Waals surface area contributed by atoms with E-state index in [0.717, 1.165) is 16.9 Å². The number of hydrogen-bond donors (Lipinski definition) is 2. The zero-order chi connectivity index (χ0) is 21.0. The summed E-state index contributed by atoms with van der Waals surface area (Å²) >= 11 is 0. The molecule has 0 spiro atoms. The fourth-order valence-electron chi connectivity index (χ4n) is 2.95. The molecule has 29 heavy (non-hydrogen) atoms. The average molecular weight is 390 g/mol. The van der Waals surface area contributed by atoms with E-state index in [1.54, 1.807) is 18.2 Å². The lowest BCUT2D eigenvalue weighted by Crippen LogP contribution is -2.34. The molecule has 0 aliphatic heterocycles. The van der Waals surface area contributed by atoms with E-state index in [1.165, 1.54) is 5.56 Å². The van der Waals surface area contributed by atoms with Crippen molar-refractivity contribution >= 4 is 22.8 Å². The summed E-state index contributed by atoms with van der Waals surface area (Å²) in [5.74, 6) is 0.0696. The van der Waals surface area contributed by atoms with Gasteiger partial charge in [-0.1, -0.05) is 26.0 Å². The first-order chi connectivity index (χ1) is 13.8. The van der Waals surface area contributed by atoms with Crippen LogP contribution < -0.4 is 10.6 Å². The molecule has 0 aliphatic rings. The lowest BCUT2D eigenvalue weighted by atomic mass is 10.0. The number of hydrogen-bond acceptors (Lipinski definition) is 4. The second-order valence-electron chi connectivity index (χ2n) is 7.39. The van der Waals surface area contributed by atoms with Crippen molar-refractivity contribution in [1.82, 2.24) is 20.6 Å². The van der Waals surface area contributed by atoms with Gasteiger partial charge in [-0.3, -0.25) is 9.59 Å². The van der Waals surface area contributed by atoms with Crippen LogP contribution in [-0.4, -0.2) is 34.9 Å². The van der Waals surface area contributed by atoms with Gasteiger partial charge in [0.05, 0.1) is 22.4 Å². The van der Waals surface area contributed by atoms with Crippen LogP contribution in [0.4, 0.5) is 0 Å². The predicted octanol–water partition coefficient (Wildman–Crippen LogP) is 3.53. The van der Waals surface area contributed by atoms with Gasteiger partial charge in [0.2, 0.25) is 0 Å². The molecule has 3 aromatic rings. The van der Waals surface area contributed by atoms with Crippen LogP contribution in [0.25, 0.3) is 11.0 Å². The van der Waals surface area contributed by atoms with E-state index in [-0.39, 0.29) is 11.8 Å². The molecule has 0 atom stereocenters. The SMILES string of the molecule is Cc1nc2ccc(C(=O)NCCNC(=O)c3ccc(C(C)C)cc3)cc2nc1C. The van der Waals surface area contributed by atoms with Gasteiger partial charge in [-0.2, -0.15) is 0 Å². The van der Waals surface area contributed by atoms with E-state index >= 15 is 0 Å². The minimum absolute atomic E-state index is 0.152. The number of carbonyl (C=O) groups excluding carboxylic acids is 2. The van der Waals surface area contributed by atoms with E-state index in [1.807, 2.05) is 38.1 Å². The number of nitrogens with one attached hydrogen (secondary N) is 2. The maximum atomic E-state index is 12.4.